The molecule has 11 rings (SSSR count). The zero-order chi connectivity index (χ0) is 37.0. The van der Waals surface area contributed by atoms with Crippen LogP contribution in [-0.4, -0.2) is 19.5 Å². The van der Waals surface area contributed by atoms with Crippen LogP contribution in [0.15, 0.2) is 199 Å². The lowest BCUT2D eigenvalue weighted by molar-refractivity contribution is 0.670. The Bertz CT molecular complexity index is 3180. The normalized spacial score (nSPS) is 11.6. The lowest BCUT2D eigenvalue weighted by Crippen LogP contribution is -2.00. The molecule has 0 amide bonds. The smallest absolute Gasteiger partial charge is 0.167 e. The zero-order valence-electron chi connectivity index (χ0n) is 30.2. The fourth-order valence-electron chi connectivity index (χ4n) is 8.10. The molecule has 0 spiro atoms. The Morgan fingerprint density at radius 1 is 0.321 bits per heavy atom. The third-order valence-electron chi connectivity index (χ3n) is 10.7. The van der Waals surface area contributed by atoms with Crippen LogP contribution >= 0.6 is 0 Å². The van der Waals surface area contributed by atoms with E-state index in [0.29, 0.717) is 17.5 Å². The molecule has 5 nitrogen and oxygen atoms in total. The van der Waals surface area contributed by atoms with Crippen LogP contribution in [0.5, 0.6) is 0 Å². The summed E-state index contributed by atoms with van der Waals surface area (Å²) in [6.45, 7) is 0. The van der Waals surface area contributed by atoms with Crippen LogP contribution in [-0.2, 0) is 0 Å². The maximum Gasteiger partial charge on any atom is 0.167 e. The van der Waals surface area contributed by atoms with Gasteiger partial charge in [-0.3, -0.25) is 0 Å². The van der Waals surface area contributed by atoms with Gasteiger partial charge in [-0.25, -0.2) is 15.0 Å². The largest absolute Gasteiger partial charge is 0.455 e. The third kappa shape index (κ3) is 5.21. The van der Waals surface area contributed by atoms with Crippen molar-refractivity contribution in [2.75, 3.05) is 0 Å². The molecule has 3 aromatic heterocycles. The minimum atomic E-state index is 0.562. The summed E-state index contributed by atoms with van der Waals surface area (Å²) in [5.41, 5.74) is 12.1. The molecule has 0 aliphatic carbocycles. The monoisotopic (exact) mass is 716 g/mol. The minimum absolute atomic E-state index is 0.562. The first-order valence-electron chi connectivity index (χ1n) is 18.8. The number of hydrogen-bond acceptors (Lipinski definition) is 4. The number of para-hydroxylation sites is 4. The third-order valence-corrected chi connectivity index (χ3v) is 10.7. The van der Waals surface area contributed by atoms with Crippen LogP contribution in [0.1, 0.15) is 0 Å². The van der Waals surface area contributed by atoms with Gasteiger partial charge in [-0.1, -0.05) is 158 Å². The molecule has 11 aromatic rings. The number of aromatic nitrogens is 4. The lowest BCUT2D eigenvalue weighted by atomic mass is 9.92. The molecule has 5 heteroatoms. The first-order valence-corrected chi connectivity index (χ1v) is 18.8. The van der Waals surface area contributed by atoms with Crippen molar-refractivity contribution in [2.45, 2.75) is 0 Å². The summed E-state index contributed by atoms with van der Waals surface area (Å²) < 4.78 is 9.33. The van der Waals surface area contributed by atoms with E-state index >= 15 is 0 Å². The molecular formula is C51H32N4O. The van der Waals surface area contributed by atoms with Gasteiger partial charge in [-0.05, 0) is 53.1 Å². The van der Waals surface area contributed by atoms with Gasteiger partial charge in [-0.2, -0.15) is 0 Å². The molecule has 0 bridgehead atoms. The first kappa shape index (κ1) is 31.9. The maximum atomic E-state index is 6.98. The molecule has 0 aliphatic heterocycles. The summed E-state index contributed by atoms with van der Waals surface area (Å²) in [6.07, 6.45) is 0. The van der Waals surface area contributed by atoms with Crippen LogP contribution in [0.2, 0.25) is 0 Å². The number of fused-ring (bicyclic) bond motifs is 6. The van der Waals surface area contributed by atoms with Crippen LogP contribution in [0.25, 0.3) is 106 Å². The van der Waals surface area contributed by atoms with Gasteiger partial charge in [0.1, 0.15) is 11.2 Å². The van der Waals surface area contributed by atoms with Crippen LogP contribution in [0.4, 0.5) is 0 Å². The first-order chi connectivity index (χ1) is 27.8. The van der Waals surface area contributed by atoms with E-state index in [9.17, 15) is 0 Å². The highest BCUT2D eigenvalue weighted by atomic mass is 16.3. The van der Waals surface area contributed by atoms with Crippen molar-refractivity contribution in [2.24, 2.45) is 0 Å². The minimum Gasteiger partial charge on any atom is -0.455 e. The van der Waals surface area contributed by atoms with Gasteiger partial charge in [0.05, 0.1) is 16.6 Å². The lowest BCUT2D eigenvalue weighted by Gasteiger charge is -2.12. The Morgan fingerprint density at radius 2 is 0.821 bits per heavy atom. The molecule has 0 radical (unpaired) electrons. The van der Waals surface area contributed by atoms with Crippen LogP contribution in [0.3, 0.4) is 0 Å². The molecule has 0 atom stereocenters. The molecule has 0 saturated heterocycles. The highest BCUT2D eigenvalue weighted by Gasteiger charge is 2.21. The number of hydrogen-bond donors (Lipinski definition) is 0. The summed E-state index contributed by atoms with van der Waals surface area (Å²) in [5.74, 6) is 1.79. The molecule has 8 aromatic carbocycles. The number of nitrogens with zero attached hydrogens (tertiary/aromatic N) is 4. The quantitative estimate of drug-likeness (QED) is 0.172. The van der Waals surface area contributed by atoms with E-state index in [1.54, 1.807) is 0 Å². The Morgan fingerprint density at radius 3 is 1.52 bits per heavy atom. The van der Waals surface area contributed by atoms with Crippen molar-refractivity contribution in [3.8, 4) is 62.1 Å². The molecule has 0 fully saturated rings. The average molecular weight is 717 g/mol. The van der Waals surface area contributed by atoms with Gasteiger partial charge in [-0.15, -0.1) is 0 Å². The van der Waals surface area contributed by atoms with Crippen molar-refractivity contribution >= 4 is 43.7 Å². The molecular weight excluding hydrogens is 685 g/mol. The Kier molecular flexibility index (Phi) is 7.42. The van der Waals surface area contributed by atoms with Gasteiger partial charge < -0.3 is 8.98 Å². The Labute approximate surface area is 322 Å². The molecule has 0 unspecified atom stereocenters. The average Bonchev–Trinajstić information content (AvgIpc) is 3.83. The van der Waals surface area contributed by atoms with Gasteiger partial charge in [0, 0.05) is 43.9 Å². The van der Waals surface area contributed by atoms with Gasteiger partial charge in [0.15, 0.2) is 17.5 Å². The Hall–Kier alpha value is -7.63. The van der Waals surface area contributed by atoms with Gasteiger partial charge >= 0.3 is 0 Å². The molecule has 56 heavy (non-hydrogen) atoms. The summed E-state index contributed by atoms with van der Waals surface area (Å²) >= 11 is 0. The Balaban J connectivity index is 1.09. The topological polar surface area (TPSA) is 56.7 Å². The fraction of sp³-hybridized carbons (Fsp3) is 0. The molecule has 0 aliphatic rings. The molecule has 0 N–H and O–H groups in total. The van der Waals surface area contributed by atoms with Crippen LogP contribution in [0, 0.1) is 0 Å². The number of furan rings is 1. The van der Waals surface area contributed by atoms with E-state index in [-0.39, 0.29) is 0 Å². The fourth-order valence-corrected chi connectivity index (χ4v) is 8.10. The summed E-state index contributed by atoms with van der Waals surface area (Å²) in [7, 11) is 0. The van der Waals surface area contributed by atoms with E-state index in [4.69, 9.17) is 19.4 Å². The second-order valence-corrected chi connectivity index (χ2v) is 14.0. The van der Waals surface area contributed by atoms with E-state index in [1.807, 2.05) is 66.7 Å². The van der Waals surface area contributed by atoms with Crippen molar-refractivity contribution in [1.29, 1.82) is 0 Å². The summed E-state index contributed by atoms with van der Waals surface area (Å²) in [6, 6.07) is 67.4. The highest BCUT2D eigenvalue weighted by Crippen LogP contribution is 2.43. The van der Waals surface area contributed by atoms with Gasteiger partial charge in [0.2, 0.25) is 0 Å². The SMILES string of the molecule is c1ccc(-c2nc(-c3ccccc3)nc(-c3cccc4c3oc3c(-c5ccccc5-c5ccc6c(c5)c5ccccc5n6-c5ccccc5)cccc34)n2)cc1. The summed E-state index contributed by atoms with van der Waals surface area (Å²) in [4.78, 5) is 15.0. The molecule has 0 saturated carbocycles. The van der Waals surface area contributed by atoms with Crippen molar-refractivity contribution in [3.63, 3.8) is 0 Å². The maximum absolute atomic E-state index is 6.98. The number of rotatable bonds is 6. The second kappa shape index (κ2) is 13.0. The predicted octanol–water partition coefficient (Wildman–Crippen LogP) is 13.2. The standard InChI is InChI=1S/C51H32N4O/c1-4-16-33(17-5-1)49-52-50(34-18-6-2-7-19-34)54-51(53-49)43-28-15-27-42-41-26-14-25-40(47(41)56-48(42)43)38-23-11-10-22-37(38)35-30-31-46-44(32-35)39-24-12-13-29-45(39)55(46)36-20-8-3-9-21-36/h1-32H. The number of benzene rings is 8. The van der Waals surface area contributed by atoms with E-state index in [2.05, 4.69) is 132 Å². The van der Waals surface area contributed by atoms with Crippen molar-refractivity contribution < 1.29 is 4.42 Å². The highest BCUT2D eigenvalue weighted by molar-refractivity contribution is 6.14. The van der Waals surface area contributed by atoms with Crippen LogP contribution < -0.4 is 0 Å². The second-order valence-electron chi connectivity index (χ2n) is 14.0. The predicted molar refractivity (Wildman–Crippen MR) is 229 cm³/mol. The van der Waals surface area contributed by atoms with Crippen molar-refractivity contribution in [1.82, 2.24) is 19.5 Å². The van der Waals surface area contributed by atoms with Gasteiger partial charge in [0.25, 0.3) is 0 Å². The zero-order valence-corrected chi connectivity index (χ0v) is 30.2. The summed E-state index contributed by atoms with van der Waals surface area (Å²) in [5, 5.41) is 4.48. The van der Waals surface area contributed by atoms with Crippen molar-refractivity contribution in [3.05, 3.63) is 194 Å². The van der Waals surface area contributed by atoms with E-state index in [0.717, 1.165) is 66.6 Å². The van der Waals surface area contributed by atoms with E-state index < -0.39 is 0 Å². The van der Waals surface area contributed by atoms with E-state index in [1.165, 1.54) is 21.8 Å². The molecule has 262 valence electrons. The molecule has 3 heterocycles.